The second-order valence-electron chi connectivity index (χ2n) is 6.53. The predicted molar refractivity (Wildman–Crippen MR) is 90.4 cm³/mol. The zero-order chi connectivity index (χ0) is 17.6. The highest BCUT2D eigenvalue weighted by Gasteiger charge is 2.51. The van der Waals surface area contributed by atoms with E-state index in [1.54, 1.807) is 5.06 Å². The van der Waals surface area contributed by atoms with E-state index in [0.717, 1.165) is 31.4 Å². The van der Waals surface area contributed by atoms with E-state index in [1.165, 1.54) is 7.11 Å². The molecule has 0 amide bonds. The molecule has 6 nitrogen and oxygen atoms in total. The number of ketones is 1. The molecule has 2 aliphatic rings. The Morgan fingerprint density at radius 1 is 1.24 bits per heavy atom. The molecule has 0 saturated carbocycles. The van der Waals surface area contributed by atoms with Crippen molar-refractivity contribution in [1.82, 2.24) is 5.06 Å². The largest absolute Gasteiger partial charge is 0.467 e. The number of ether oxygens (including phenoxy) is 2. The maximum atomic E-state index is 12.7. The Labute approximate surface area is 148 Å². The summed E-state index contributed by atoms with van der Waals surface area (Å²) in [6.07, 6.45) is 2.39. The van der Waals surface area contributed by atoms with Crippen LogP contribution in [0.1, 0.15) is 31.2 Å². The first kappa shape index (κ1) is 18.0. The molecule has 6 heteroatoms. The molecule has 136 valence electrons. The van der Waals surface area contributed by atoms with Gasteiger partial charge in [-0.2, -0.15) is 5.06 Å². The van der Waals surface area contributed by atoms with E-state index in [4.69, 9.17) is 14.3 Å². The first-order valence-electron chi connectivity index (χ1n) is 8.86. The minimum atomic E-state index is -0.824. The Morgan fingerprint density at radius 2 is 2.04 bits per heavy atom. The lowest BCUT2D eigenvalue weighted by Gasteiger charge is -2.29. The predicted octanol–water partition coefficient (Wildman–Crippen LogP) is 2.12. The van der Waals surface area contributed by atoms with Crippen molar-refractivity contribution < 1.29 is 23.9 Å². The number of hydrogen-bond acceptors (Lipinski definition) is 6. The van der Waals surface area contributed by atoms with Crippen LogP contribution < -0.4 is 0 Å². The molecule has 0 aromatic heterocycles. The van der Waals surface area contributed by atoms with Gasteiger partial charge in [-0.1, -0.05) is 36.8 Å². The van der Waals surface area contributed by atoms with Crippen LogP contribution in [-0.2, 0) is 30.5 Å². The molecule has 1 aromatic carbocycles. The number of methoxy groups -OCH3 is 1. The van der Waals surface area contributed by atoms with E-state index in [9.17, 15) is 9.59 Å². The molecular formula is C19H25NO5. The number of hydrogen-bond donors (Lipinski definition) is 0. The summed E-state index contributed by atoms with van der Waals surface area (Å²) in [6, 6.07) is 9.81. The van der Waals surface area contributed by atoms with Crippen LogP contribution in [0, 0.1) is 5.92 Å². The lowest BCUT2D eigenvalue weighted by atomic mass is 9.85. The van der Waals surface area contributed by atoms with Crippen LogP contribution in [0.5, 0.6) is 0 Å². The molecular weight excluding hydrogens is 322 g/mol. The Kier molecular flexibility index (Phi) is 6.18. The number of Topliss-reactive ketones (excluding diaryl/α,β-unsaturated/α-hetero) is 1. The van der Waals surface area contributed by atoms with E-state index < -0.39 is 18.0 Å². The third-order valence-electron chi connectivity index (χ3n) is 4.90. The van der Waals surface area contributed by atoms with Crippen LogP contribution >= 0.6 is 0 Å². The Balaban J connectivity index is 1.55. The molecule has 2 heterocycles. The second kappa shape index (κ2) is 8.56. The van der Waals surface area contributed by atoms with Crippen molar-refractivity contribution >= 4 is 11.8 Å². The summed E-state index contributed by atoms with van der Waals surface area (Å²) in [7, 11) is 1.33. The van der Waals surface area contributed by atoms with E-state index in [0.29, 0.717) is 13.2 Å². The van der Waals surface area contributed by atoms with Crippen LogP contribution in [0.15, 0.2) is 30.3 Å². The fraction of sp³-hybridized carbons (Fsp3) is 0.579. The standard InChI is InChI=1S/C19H25NO5/c1-23-19(22)18-17(15-9-5-6-11-20(15)25-18)16(21)10-12-24-13-14-7-3-2-4-8-14/h2-4,7-8,15,17-18H,5-6,9-13H2,1H3/t15-,17+,18-/m1/s1. The molecule has 2 saturated heterocycles. The third-order valence-corrected chi connectivity index (χ3v) is 4.90. The van der Waals surface area contributed by atoms with Crippen molar-refractivity contribution in [3.05, 3.63) is 35.9 Å². The van der Waals surface area contributed by atoms with Crippen molar-refractivity contribution in [2.24, 2.45) is 5.92 Å². The number of carbonyl (C=O) groups excluding carboxylic acids is 2. The lowest BCUT2D eigenvalue weighted by Crippen LogP contribution is -2.41. The molecule has 1 aromatic rings. The summed E-state index contributed by atoms with van der Waals surface area (Å²) >= 11 is 0. The average molecular weight is 347 g/mol. The number of benzene rings is 1. The van der Waals surface area contributed by atoms with E-state index in [2.05, 4.69) is 0 Å². The van der Waals surface area contributed by atoms with Crippen LogP contribution in [0.25, 0.3) is 0 Å². The maximum absolute atomic E-state index is 12.7. The molecule has 2 fully saturated rings. The molecule has 0 unspecified atom stereocenters. The lowest BCUT2D eigenvalue weighted by molar-refractivity contribution is -0.192. The Morgan fingerprint density at radius 3 is 2.80 bits per heavy atom. The van der Waals surface area contributed by atoms with Crippen molar-refractivity contribution in [1.29, 1.82) is 0 Å². The molecule has 0 aliphatic carbocycles. The van der Waals surface area contributed by atoms with Gasteiger partial charge >= 0.3 is 5.97 Å². The zero-order valence-electron chi connectivity index (χ0n) is 14.6. The molecule has 0 spiro atoms. The van der Waals surface area contributed by atoms with Gasteiger partial charge in [0.05, 0.1) is 26.2 Å². The summed E-state index contributed by atoms with van der Waals surface area (Å²) in [4.78, 5) is 30.5. The Bertz CT molecular complexity index is 591. The minimum Gasteiger partial charge on any atom is -0.467 e. The van der Waals surface area contributed by atoms with E-state index in [1.807, 2.05) is 30.3 Å². The fourth-order valence-electron chi connectivity index (χ4n) is 3.63. The van der Waals surface area contributed by atoms with Crippen LogP contribution in [-0.4, -0.2) is 49.2 Å². The fourth-order valence-corrected chi connectivity index (χ4v) is 3.63. The van der Waals surface area contributed by atoms with Gasteiger partial charge in [-0.15, -0.1) is 0 Å². The van der Waals surface area contributed by atoms with Gasteiger partial charge in [0.15, 0.2) is 6.10 Å². The molecule has 25 heavy (non-hydrogen) atoms. The highest BCUT2D eigenvalue weighted by molar-refractivity contribution is 5.89. The van der Waals surface area contributed by atoms with Crippen molar-refractivity contribution in [2.45, 2.75) is 44.4 Å². The van der Waals surface area contributed by atoms with Gasteiger partial charge in [-0.3, -0.25) is 9.63 Å². The van der Waals surface area contributed by atoms with Gasteiger partial charge in [0, 0.05) is 19.0 Å². The number of hydroxylamine groups is 2. The normalized spacial score (nSPS) is 26.2. The highest BCUT2D eigenvalue weighted by Crippen LogP contribution is 2.35. The molecule has 3 atom stereocenters. The number of carbonyl (C=O) groups is 2. The van der Waals surface area contributed by atoms with Crippen LogP contribution in [0.3, 0.4) is 0 Å². The monoisotopic (exact) mass is 347 g/mol. The van der Waals surface area contributed by atoms with Gasteiger partial charge in [0.2, 0.25) is 0 Å². The van der Waals surface area contributed by atoms with Gasteiger partial charge in [-0.05, 0) is 18.4 Å². The smallest absolute Gasteiger partial charge is 0.337 e. The number of fused-ring (bicyclic) bond motifs is 1. The van der Waals surface area contributed by atoms with E-state index in [-0.39, 0.29) is 18.2 Å². The third kappa shape index (κ3) is 4.26. The molecule has 0 bridgehead atoms. The summed E-state index contributed by atoms with van der Waals surface area (Å²) < 4.78 is 10.4. The SMILES string of the molecule is COC(=O)[C@@H]1ON2CCCC[C@@H]2[C@H]1C(=O)CCOCc1ccccc1. The topological polar surface area (TPSA) is 65.1 Å². The summed E-state index contributed by atoms with van der Waals surface area (Å²) in [5.41, 5.74) is 1.07. The van der Waals surface area contributed by atoms with Crippen LogP contribution in [0.4, 0.5) is 0 Å². The first-order chi connectivity index (χ1) is 12.2. The van der Waals surface area contributed by atoms with Crippen molar-refractivity contribution in [3.8, 4) is 0 Å². The van der Waals surface area contributed by atoms with Gasteiger partial charge in [0.25, 0.3) is 0 Å². The van der Waals surface area contributed by atoms with Gasteiger partial charge in [0.1, 0.15) is 5.78 Å². The van der Waals surface area contributed by atoms with Gasteiger partial charge in [-0.25, -0.2) is 4.79 Å². The number of esters is 1. The summed E-state index contributed by atoms with van der Waals surface area (Å²) in [6.45, 7) is 1.57. The van der Waals surface area contributed by atoms with Gasteiger partial charge < -0.3 is 9.47 Å². The molecule has 2 aliphatic heterocycles. The van der Waals surface area contributed by atoms with E-state index >= 15 is 0 Å². The molecule has 0 N–H and O–H groups in total. The summed E-state index contributed by atoms with van der Waals surface area (Å²) in [5, 5.41) is 1.80. The quantitative estimate of drug-likeness (QED) is 0.556. The zero-order valence-corrected chi connectivity index (χ0v) is 14.6. The number of piperidine rings is 1. The minimum absolute atomic E-state index is 0.0119. The summed E-state index contributed by atoms with van der Waals surface area (Å²) in [5.74, 6) is -0.927. The molecule has 3 rings (SSSR count). The van der Waals surface area contributed by atoms with Crippen molar-refractivity contribution in [2.75, 3.05) is 20.3 Å². The average Bonchev–Trinajstić information content (AvgIpc) is 3.05. The first-order valence-corrected chi connectivity index (χ1v) is 8.86. The Hall–Kier alpha value is -1.76. The maximum Gasteiger partial charge on any atom is 0.337 e. The van der Waals surface area contributed by atoms with Crippen molar-refractivity contribution in [3.63, 3.8) is 0 Å². The molecule has 0 radical (unpaired) electrons. The number of nitrogens with zero attached hydrogens (tertiary/aromatic N) is 1. The second-order valence-corrected chi connectivity index (χ2v) is 6.53. The number of rotatable bonds is 7. The van der Waals surface area contributed by atoms with Crippen LogP contribution in [0.2, 0.25) is 0 Å². The highest BCUT2D eigenvalue weighted by atomic mass is 16.7.